The maximum Gasteiger partial charge on any atom is 0.310 e. The molecule has 0 radical (unpaired) electrons. The van der Waals surface area contributed by atoms with E-state index in [4.69, 9.17) is 9.47 Å². The topological polar surface area (TPSA) is 106 Å². The molecule has 1 aliphatic rings. The van der Waals surface area contributed by atoms with Crippen LogP contribution in [0, 0.1) is 0 Å². The van der Waals surface area contributed by atoms with Crippen molar-refractivity contribution in [2.45, 2.75) is 39.7 Å². The van der Waals surface area contributed by atoms with Crippen molar-refractivity contribution < 1.29 is 28.7 Å². The molecule has 0 aliphatic carbocycles. The Labute approximate surface area is 174 Å². The van der Waals surface area contributed by atoms with Crippen molar-refractivity contribution in [3.8, 4) is 0 Å². The number of amides is 2. The molecule has 8 heteroatoms. The van der Waals surface area contributed by atoms with E-state index in [1.165, 1.54) is 4.90 Å². The second-order valence-corrected chi connectivity index (χ2v) is 6.80. The second-order valence-electron chi connectivity index (χ2n) is 6.80. The Kier molecular flexibility index (Phi) is 6.66. The monoisotopic (exact) mass is 412 g/mol. The molecule has 1 N–H and O–H groups in total. The Morgan fingerprint density at radius 1 is 0.967 bits per heavy atom. The molecule has 2 amide bonds. The van der Waals surface area contributed by atoms with Gasteiger partial charge in [-0.3, -0.25) is 24.1 Å². The van der Waals surface area contributed by atoms with E-state index in [2.05, 4.69) is 4.98 Å². The molecule has 0 saturated heterocycles. The van der Waals surface area contributed by atoms with Crippen LogP contribution < -0.4 is 0 Å². The van der Waals surface area contributed by atoms with Crippen molar-refractivity contribution in [3.05, 3.63) is 58.4 Å². The average Bonchev–Trinajstić information content (AvgIpc) is 3.21. The Morgan fingerprint density at radius 2 is 1.57 bits per heavy atom. The number of nitrogens with zero attached hydrogens (tertiary/aromatic N) is 1. The Balaban J connectivity index is 1.84. The number of aromatic amines is 1. The first-order valence-corrected chi connectivity index (χ1v) is 9.90. The quantitative estimate of drug-likeness (QED) is 0.501. The van der Waals surface area contributed by atoms with Gasteiger partial charge in [-0.05, 0) is 43.5 Å². The fourth-order valence-corrected chi connectivity index (χ4v) is 3.52. The van der Waals surface area contributed by atoms with Gasteiger partial charge >= 0.3 is 11.9 Å². The van der Waals surface area contributed by atoms with Crippen molar-refractivity contribution in [2.24, 2.45) is 0 Å². The number of aromatic nitrogens is 1. The van der Waals surface area contributed by atoms with Crippen LogP contribution in [0.3, 0.4) is 0 Å². The lowest BCUT2D eigenvalue weighted by Crippen LogP contribution is -2.29. The molecule has 1 aromatic carbocycles. The maximum absolute atomic E-state index is 12.7. The van der Waals surface area contributed by atoms with Gasteiger partial charge in [-0.25, -0.2) is 0 Å². The van der Waals surface area contributed by atoms with Gasteiger partial charge < -0.3 is 14.5 Å². The third-order valence-corrected chi connectivity index (χ3v) is 4.89. The van der Waals surface area contributed by atoms with Gasteiger partial charge in [-0.15, -0.1) is 0 Å². The predicted molar refractivity (Wildman–Crippen MR) is 107 cm³/mol. The molecule has 0 bridgehead atoms. The number of esters is 2. The maximum atomic E-state index is 12.7. The summed E-state index contributed by atoms with van der Waals surface area (Å²) in [5, 5.41) is 0. The number of hydrogen-bond donors (Lipinski definition) is 1. The SMILES string of the molecule is CCOC(=O)CCc1c(CC(=O)OCC)c[nH]c1CN1C(=O)c2ccccc2C1=O. The Bertz CT molecular complexity index is 943. The van der Waals surface area contributed by atoms with E-state index >= 15 is 0 Å². The summed E-state index contributed by atoms with van der Waals surface area (Å²) in [7, 11) is 0. The van der Waals surface area contributed by atoms with Crippen LogP contribution >= 0.6 is 0 Å². The molecule has 0 spiro atoms. The van der Waals surface area contributed by atoms with E-state index in [0.717, 1.165) is 0 Å². The molecule has 2 heterocycles. The number of H-pyrrole nitrogens is 1. The molecule has 0 saturated carbocycles. The van der Waals surface area contributed by atoms with Gasteiger partial charge in [0.15, 0.2) is 0 Å². The summed E-state index contributed by atoms with van der Waals surface area (Å²) >= 11 is 0. The van der Waals surface area contributed by atoms with Gasteiger partial charge in [0.25, 0.3) is 11.8 Å². The fraction of sp³-hybridized carbons (Fsp3) is 0.364. The Hall–Kier alpha value is -3.42. The molecule has 8 nitrogen and oxygen atoms in total. The summed E-state index contributed by atoms with van der Waals surface area (Å²) in [5.41, 5.74) is 2.73. The largest absolute Gasteiger partial charge is 0.466 e. The van der Waals surface area contributed by atoms with Crippen molar-refractivity contribution in [1.82, 2.24) is 9.88 Å². The van der Waals surface area contributed by atoms with E-state index in [-0.39, 0.29) is 56.4 Å². The van der Waals surface area contributed by atoms with Crippen molar-refractivity contribution in [1.29, 1.82) is 0 Å². The van der Waals surface area contributed by atoms with E-state index in [9.17, 15) is 19.2 Å². The number of ether oxygens (including phenoxy) is 2. The normalized spacial score (nSPS) is 12.8. The lowest BCUT2D eigenvalue weighted by Gasteiger charge is -2.15. The van der Waals surface area contributed by atoms with Gasteiger partial charge in [-0.1, -0.05) is 12.1 Å². The third-order valence-electron chi connectivity index (χ3n) is 4.89. The number of rotatable bonds is 9. The summed E-state index contributed by atoms with van der Waals surface area (Å²) in [4.78, 5) is 53.4. The Morgan fingerprint density at radius 3 is 2.17 bits per heavy atom. The molecular formula is C22H24N2O6. The average molecular weight is 412 g/mol. The minimum Gasteiger partial charge on any atom is -0.466 e. The molecule has 0 atom stereocenters. The minimum atomic E-state index is -0.388. The molecular weight excluding hydrogens is 388 g/mol. The summed E-state index contributed by atoms with van der Waals surface area (Å²) in [6.45, 7) is 4.03. The predicted octanol–water partition coefficient (Wildman–Crippen LogP) is 2.41. The zero-order chi connectivity index (χ0) is 21.7. The van der Waals surface area contributed by atoms with Crippen LogP contribution in [-0.4, -0.2) is 46.9 Å². The minimum absolute atomic E-state index is 0.0212. The highest BCUT2D eigenvalue weighted by Crippen LogP contribution is 2.26. The zero-order valence-electron chi connectivity index (χ0n) is 17.0. The van der Waals surface area contributed by atoms with Crippen molar-refractivity contribution in [2.75, 3.05) is 13.2 Å². The first kappa shape index (κ1) is 21.3. The van der Waals surface area contributed by atoms with Crippen LogP contribution in [0.1, 0.15) is 57.8 Å². The van der Waals surface area contributed by atoms with Crippen LogP contribution in [0.15, 0.2) is 30.5 Å². The van der Waals surface area contributed by atoms with Crippen molar-refractivity contribution >= 4 is 23.8 Å². The van der Waals surface area contributed by atoms with E-state index < -0.39 is 0 Å². The van der Waals surface area contributed by atoms with Crippen LogP contribution in [-0.2, 0) is 38.4 Å². The smallest absolute Gasteiger partial charge is 0.310 e. The summed E-state index contributed by atoms with van der Waals surface area (Å²) < 4.78 is 10.0. The van der Waals surface area contributed by atoms with Crippen LogP contribution in [0.25, 0.3) is 0 Å². The number of benzene rings is 1. The first-order chi connectivity index (χ1) is 14.5. The molecule has 158 valence electrons. The molecule has 1 aliphatic heterocycles. The van der Waals surface area contributed by atoms with E-state index in [1.54, 1.807) is 44.3 Å². The fourth-order valence-electron chi connectivity index (χ4n) is 3.52. The molecule has 0 unspecified atom stereocenters. The third kappa shape index (κ3) is 4.42. The number of hydrogen-bond acceptors (Lipinski definition) is 6. The van der Waals surface area contributed by atoms with Gasteiger partial charge in [0.05, 0.1) is 37.3 Å². The van der Waals surface area contributed by atoms with Crippen LogP contribution in [0.5, 0.6) is 0 Å². The summed E-state index contributed by atoms with van der Waals surface area (Å²) in [6.07, 6.45) is 2.13. The standard InChI is InChI=1S/C22H24N2O6/c1-3-29-19(25)10-9-15-14(11-20(26)30-4-2)12-23-18(15)13-24-21(27)16-7-5-6-8-17(16)22(24)28/h5-8,12,23H,3-4,9-11,13H2,1-2H3. The van der Waals surface area contributed by atoms with Crippen molar-refractivity contribution in [3.63, 3.8) is 0 Å². The second kappa shape index (κ2) is 9.39. The number of carbonyl (C=O) groups is 4. The summed E-state index contributed by atoms with van der Waals surface area (Å²) in [5.74, 6) is -1.48. The number of imide groups is 1. The highest BCUT2D eigenvalue weighted by molar-refractivity contribution is 6.21. The number of fused-ring (bicyclic) bond motifs is 1. The number of carbonyl (C=O) groups excluding carboxylic acids is 4. The van der Waals surface area contributed by atoms with Crippen LogP contribution in [0.4, 0.5) is 0 Å². The lowest BCUT2D eigenvalue weighted by molar-refractivity contribution is -0.143. The molecule has 3 rings (SSSR count). The molecule has 1 aromatic heterocycles. The van der Waals surface area contributed by atoms with E-state index in [1.807, 2.05) is 0 Å². The van der Waals surface area contributed by atoms with E-state index in [0.29, 0.717) is 34.4 Å². The molecule has 2 aromatic rings. The van der Waals surface area contributed by atoms with Gasteiger partial charge in [0, 0.05) is 18.3 Å². The molecule has 0 fully saturated rings. The van der Waals surface area contributed by atoms with Gasteiger partial charge in [0.2, 0.25) is 0 Å². The van der Waals surface area contributed by atoms with Gasteiger partial charge in [0.1, 0.15) is 0 Å². The lowest BCUT2D eigenvalue weighted by atomic mass is 10.0. The first-order valence-electron chi connectivity index (χ1n) is 9.90. The zero-order valence-corrected chi connectivity index (χ0v) is 17.0. The van der Waals surface area contributed by atoms with Gasteiger partial charge in [-0.2, -0.15) is 0 Å². The van der Waals surface area contributed by atoms with Crippen LogP contribution in [0.2, 0.25) is 0 Å². The number of nitrogens with one attached hydrogen (secondary N) is 1. The summed E-state index contributed by atoms with van der Waals surface area (Å²) in [6, 6.07) is 6.67. The highest BCUT2D eigenvalue weighted by atomic mass is 16.5. The molecule has 30 heavy (non-hydrogen) atoms. The highest BCUT2D eigenvalue weighted by Gasteiger charge is 2.35.